The summed E-state index contributed by atoms with van der Waals surface area (Å²) in [5.74, 6) is -2.60. The molecule has 0 unspecified atom stereocenters. The molecule has 3 heterocycles. The average Bonchev–Trinajstić information content (AvgIpc) is 2.81. The fourth-order valence-electron chi connectivity index (χ4n) is 4.28. The third-order valence-corrected chi connectivity index (χ3v) is 6.06. The first kappa shape index (κ1) is 18.0. The van der Waals surface area contributed by atoms with Gasteiger partial charge in [0.2, 0.25) is 5.92 Å². The maximum Gasteiger partial charge on any atom is 0.410 e. The van der Waals surface area contributed by atoms with Crippen LogP contribution in [0.5, 0.6) is 0 Å². The molecule has 1 aromatic rings. The Bertz CT molecular complexity index is 667. The number of amides is 1. The van der Waals surface area contributed by atoms with E-state index < -0.39 is 5.92 Å². The second-order valence-electron chi connectivity index (χ2n) is 8.00. The fraction of sp³-hybridized carbons (Fsp3) is 0.765. The Morgan fingerprint density at radius 1 is 1.31 bits per heavy atom. The molecule has 26 heavy (non-hydrogen) atoms. The molecule has 3 fully saturated rings. The van der Waals surface area contributed by atoms with E-state index in [-0.39, 0.29) is 43.3 Å². The summed E-state index contributed by atoms with van der Waals surface area (Å²) < 4.78 is 33.5. The minimum absolute atomic E-state index is 0.143. The summed E-state index contributed by atoms with van der Waals surface area (Å²) in [6, 6.07) is 0. The number of aryl methyl sites for hydroxylation is 1. The van der Waals surface area contributed by atoms with Crippen molar-refractivity contribution in [2.75, 3.05) is 26.2 Å². The molecule has 0 radical (unpaired) electrons. The van der Waals surface area contributed by atoms with Crippen molar-refractivity contribution >= 4 is 17.7 Å². The van der Waals surface area contributed by atoms with E-state index in [1.165, 1.54) is 0 Å². The Labute approximate surface area is 156 Å². The second-order valence-corrected chi connectivity index (χ2v) is 8.41. The van der Waals surface area contributed by atoms with Crippen LogP contribution in [0.4, 0.5) is 13.6 Å². The van der Waals surface area contributed by atoms with Gasteiger partial charge in [0.1, 0.15) is 6.10 Å². The zero-order valence-corrected chi connectivity index (χ0v) is 15.5. The quantitative estimate of drug-likeness (QED) is 0.799. The maximum atomic E-state index is 13.2. The zero-order chi connectivity index (χ0) is 18.5. The summed E-state index contributed by atoms with van der Waals surface area (Å²) in [5, 5.41) is 4.81. The Balaban J connectivity index is 1.20. The van der Waals surface area contributed by atoms with Gasteiger partial charge in [-0.05, 0) is 12.8 Å². The van der Waals surface area contributed by atoms with Crippen LogP contribution < -0.4 is 0 Å². The van der Waals surface area contributed by atoms with Crippen molar-refractivity contribution in [2.45, 2.75) is 44.3 Å². The highest BCUT2D eigenvalue weighted by atomic mass is 35.5. The van der Waals surface area contributed by atoms with Crippen molar-refractivity contribution in [3.63, 3.8) is 0 Å². The SMILES string of the molecule is Cn1ncc(Cl)c1CN1CC2(C1)CN(C(=O)OC1CCC(F)(F)CC1)C2. The van der Waals surface area contributed by atoms with Crippen LogP contribution in [0.3, 0.4) is 0 Å². The fourth-order valence-corrected chi connectivity index (χ4v) is 4.51. The molecule has 2 saturated heterocycles. The molecular weight excluding hydrogens is 366 g/mol. The topological polar surface area (TPSA) is 50.6 Å². The predicted octanol–water partition coefficient (Wildman–Crippen LogP) is 2.91. The van der Waals surface area contributed by atoms with Crippen LogP contribution in [0.15, 0.2) is 6.20 Å². The standard InChI is InChI=1S/C17H23ClF2N4O2/c1-22-14(13(18)6-21-22)7-23-8-16(9-23)10-24(11-16)15(25)26-12-2-4-17(19,20)5-3-12/h6,12H,2-5,7-11H2,1H3. The first-order valence-electron chi connectivity index (χ1n) is 8.97. The van der Waals surface area contributed by atoms with Crippen molar-refractivity contribution in [1.29, 1.82) is 0 Å². The first-order valence-corrected chi connectivity index (χ1v) is 9.35. The largest absolute Gasteiger partial charge is 0.446 e. The molecule has 1 aromatic heterocycles. The van der Waals surface area contributed by atoms with Gasteiger partial charge in [-0.2, -0.15) is 5.10 Å². The number of alkyl halides is 2. The van der Waals surface area contributed by atoms with E-state index >= 15 is 0 Å². The molecule has 0 atom stereocenters. The van der Waals surface area contributed by atoms with Gasteiger partial charge in [-0.15, -0.1) is 0 Å². The highest BCUT2D eigenvalue weighted by Gasteiger charge is 2.53. The third kappa shape index (κ3) is 3.41. The van der Waals surface area contributed by atoms with E-state index in [9.17, 15) is 13.6 Å². The smallest absolute Gasteiger partial charge is 0.410 e. The van der Waals surface area contributed by atoms with Gasteiger partial charge < -0.3 is 9.64 Å². The third-order valence-electron chi connectivity index (χ3n) is 5.74. The van der Waals surface area contributed by atoms with Crippen molar-refractivity contribution in [1.82, 2.24) is 19.6 Å². The zero-order valence-electron chi connectivity index (χ0n) is 14.8. The van der Waals surface area contributed by atoms with Gasteiger partial charge in [0.15, 0.2) is 0 Å². The number of aromatic nitrogens is 2. The first-order chi connectivity index (χ1) is 12.3. The summed E-state index contributed by atoms with van der Waals surface area (Å²) in [6.07, 6.45) is 1.02. The molecule has 1 spiro atoms. The molecular formula is C17H23ClF2N4O2. The van der Waals surface area contributed by atoms with Crippen molar-refractivity contribution in [3.05, 3.63) is 16.9 Å². The van der Waals surface area contributed by atoms with Gasteiger partial charge in [0, 0.05) is 58.0 Å². The summed E-state index contributed by atoms with van der Waals surface area (Å²) in [6.45, 7) is 3.91. The molecule has 0 bridgehead atoms. The van der Waals surface area contributed by atoms with Gasteiger partial charge in [-0.1, -0.05) is 11.6 Å². The van der Waals surface area contributed by atoms with Gasteiger partial charge in [-0.3, -0.25) is 9.58 Å². The average molecular weight is 389 g/mol. The molecule has 144 valence electrons. The summed E-state index contributed by atoms with van der Waals surface area (Å²) in [5.41, 5.74) is 1.13. The van der Waals surface area contributed by atoms with Crippen LogP contribution in [0.25, 0.3) is 0 Å². The van der Waals surface area contributed by atoms with E-state index in [4.69, 9.17) is 16.3 Å². The number of hydrogen-bond acceptors (Lipinski definition) is 4. The summed E-state index contributed by atoms with van der Waals surface area (Å²) >= 11 is 6.14. The van der Waals surface area contributed by atoms with Crippen LogP contribution in [-0.4, -0.2) is 63.9 Å². The number of rotatable bonds is 3. The molecule has 1 aliphatic carbocycles. The lowest BCUT2D eigenvalue weighted by Gasteiger charge is -2.59. The number of ether oxygens (including phenoxy) is 1. The van der Waals surface area contributed by atoms with Crippen LogP contribution in [0.2, 0.25) is 5.02 Å². The summed E-state index contributed by atoms with van der Waals surface area (Å²) in [7, 11) is 1.87. The molecule has 6 nitrogen and oxygen atoms in total. The van der Waals surface area contributed by atoms with Gasteiger partial charge in [-0.25, -0.2) is 13.6 Å². The van der Waals surface area contributed by atoms with Gasteiger partial charge in [0.05, 0.1) is 16.9 Å². The molecule has 0 N–H and O–H groups in total. The number of likely N-dealkylation sites (tertiary alicyclic amines) is 2. The van der Waals surface area contributed by atoms with Gasteiger partial charge >= 0.3 is 6.09 Å². The lowest BCUT2D eigenvalue weighted by atomic mass is 9.73. The highest BCUT2D eigenvalue weighted by Crippen LogP contribution is 2.41. The molecule has 9 heteroatoms. The number of carbonyl (C=O) groups excluding carboxylic acids is 1. The monoisotopic (exact) mass is 388 g/mol. The number of hydrogen-bond donors (Lipinski definition) is 0. The Morgan fingerprint density at radius 3 is 2.54 bits per heavy atom. The number of halogens is 3. The molecule has 4 rings (SSSR count). The molecule has 2 aliphatic heterocycles. The lowest BCUT2D eigenvalue weighted by Crippen LogP contribution is -2.72. The van der Waals surface area contributed by atoms with E-state index in [0.717, 1.165) is 25.3 Å². The Kier molecular flexibility index (Phi) is 4.38. The Morgan fingerprint density at radius 2 is 1.96 bits per heavy atom. The van der Waals surface area contributed by atoms with E-state index in [0.29, 0.717) is 18.1 Å². The van der Waals surface area contributed by atoms with E-state index in [2.05, 4.69) is 10.00 Å². The maximum absolute atomic E-state index is 13.2. The number of nitrogens with zero attached hydrogens (tertiary/aromatic N) is 4. The molecule has 3 aliphatic rings. The van der Waals surface area contributed by atoms with E-state index in [1.54, 1.807) is 15.8 Å². The van der Waals surface area contributed by atoms with Crippen LogP contribution >= 0.6 is 11.6 Å². The molecule has 1 saturated carbocycles. The Hall–Kier alpha value is -1.41. The minimum atomic E-state index is -2.60. The van der Waals surface area contributed by atoms with Crippen molar-refractivity contribution in [2.24, 2.45) is 12.5 Å². The van der Waals surface area contributed by atoms with Crippen LogP contribution in [0.1, 0.15) is 31.4 Å². The van der Waals surface area contributed by atoms with Gasteiger partial charge in [0.25, 0.3) is 0 Å². The lowest BCUT2D eigenvalue weighted by molar-refractivity contribution is -0.118. The summed E-state index contributed by atoms with van der Waals surface area (Å²) in [4.78, 5) is 16.2. The van der Waals surface area contributed by atoms with Crippen molar-refractivity contribution in [3.8, 4) is 0 Å². The highest BCUT2D eigenvalue weighted by molar-refractivity contribution is 6.31. The van der Waals surface area contributed by atoms with E-state index in [1.807, 2.05) is 7.05 Å². The molecule has 1 amide bonds. The van der Waals surface area contributed by atoms with Crippen LogP contribution in [-0.2, 0) is 18.3 Å². The number of carbonyl (C=O) groups is 1. The van der Waals surface area contributed by atoms with Crippen LogP contribution in [0, 0.1) is 5.41 Å². The predicted molar refractivity (Wildman–Crippen MR) is 91.2 cm³/mol. The van der Waals surface area contributed by atoms with Crippen molar-refractivity contribution < 1.29 is 18.3 Å². The molecule has 0 aromatic carbocycles. The second kappa shape index (κ2) is 6.34. The normalized spacial score (nSPS) is 25.0. The minimum Gasteiger partial charge on any atom is -0.446 e.